The molecule has 2 atom stereocenters. The molecule has 0 radical (unpaired) electrons. The van der Waals surface area contributed by atoms with Crippen LogP contribution in [-0.4, -0.2) is 95.4 Å². The maximum Gasteiger partial charge on any atom is 0.363 e. The Kier molecular flexibility index (Phi) is 8.94. The summed E-state index contributed by atoms with van der Waals surface area (Å²) in [5, 5.41) is 9.36. The Bertz CT molecular complexity index is 1210. The largest absolute Gasteiger partial charge is 0.467 e. The predicted molar refractivity (Wildman–Crippen MR) is 121 cm³/mol. The van der Waals surface area contributed by atoms with E-state index in [0.29, 0.717) is 0 Å². The van der Waals surface area contributed by atoms with E-state index in [1.54, 1.807) is 0 Å². The van der Waals surface area contributed by atoms with Crippen molar-refractivity contribution >= 4 is 73.7 Å². The number of nitrogens with one attached hydrogen (secondary N) is 2. The van der Waals surface area contributed by atoms with E-state index in [-0.39, 0.29) is 21.0 Å². The summed E-state index contributed by atoms with van der Waals surface area (Å²) in [5.74, 6) is -5.63. The second kappa shape index (κ2) is 11.1. The number of ether oxygens (including phenoxy) is 2. The highest BCUT2D eigenvalue weighted by Crippen LogP contribution is 2.25. The number of β-lactam (4-membered cyclic amide) rings is 1. The first kappa shape index (κ1) is 28.9. The van der Waals surface area contributed by atoms with Crippen molar-refractivity contribution in [2.75, 3.05) is 25.4 Å². The van der Waals surface area contributed by atoms with Gasteiger partial charge in [-0.1, -0.05) is 5.16 Å². The first-order valence-electron chi connectivity index (χ1n) is 9.53. The molecule has 1 aromatic rings. The molecule has 0 saturated carbocycles. The van der Waals surface area contributed by atoms with Gasteiger partial charge in [-0.2, -0.15) is 12.7 Å². The number of carbonyl (C=O) groups is 5. The second-order valence-electron chi connectivity index (χ2n) is 7.28. The first-order chi connectivity index (χ1) is 16.7. The van der Waals surface area contributed by atoms with Crippen molar-refractivity contribution in [2.45, 2.75) is 31.5 Å². The fourth-order valence-corrected chi connectivity index (χ4v) is 4.28. The molecule has 2 unspecified atom stereocenters. The number of hydrogen-bond acceptors (Lipinski definition) is 13. The molecule has 36 heavy (non-hydrogen) atoms. The van der Waals surface area contributed by atoms with E-state index in [9.17, 15) is 36.9 Å². The average Bonchev–Trinajstić information content (AvgIpc) is 3.26. The number of esters is 2. The van der Waals surface area contributed by atoms with Gasteiger partial charge in [0.2, 0.25) is 11.5 Å². The van der Waals surface area contributed by atoms with E-state index < -0.39 is 63.4 Å². The zero-order valence-electron chi connectivity index (χ0n) is 19.0. The van der Waals surface area contributed by atoms with Crippen LogP contribution < -0.4 is 10.6 Å². The van der Waals surface area contributed by atoms with Crippen LogP contribution in [0.15, 0.2) is 10.5 Å². The van der Waals surface area contributed by atoms with Crippen LogP contribution in [0, 0.1) is 0 Å². The quantitative estimate of drug-likeness (QED) is 0.0744. The lowest BCUT2D eigenvalue weighted by Crippen LogP contribution is -2.74. The maximum absolute atomic E-state index is 13.0. The van der Waals surface area contributed by atoms with Crippen LogP contribution in [0.3, 0.4) is 0 Å². The lowest BCUT2D eigenvalue weighted by molar-refractivity contribution is -0.165. The molecule has 1 aliphatic heterocycles. The van der Waals surface area contributed by atoms with Crippen molar-refractivity contribution in [2.24, 2.45) is 5.16 Å². The van der Waals surface area contributed by atoms with Gasteiger partial charge in [-0.25, -0.2) is 14.6 Å². The van der Waals surface area contributed by atoms with Gasteiger partial charge >= 0.3 is 22.2 Å². The molecule has 0 aliphatic carbocycles. The third-order valence-electron chi connectivity index (χ3n) is 4.40. The molecular weight excluding hydrogens is 550 g/mol. The van der Waals surface area contributed by atoms with E-state index >= 15 is 0 Å². The number of methoxy groups -OCH3 is 2. The second-order valence-corrected chi connectivity index (χ2v) is 9.70. The number of nitrogens with zero attached hydrogens (tertiary/aromatic N) is 3. The van der Waals surface area contributed by atoms with E-state index in [0.717, 1.165) is 25.6 Å². The molecule has 0 bridgehead atoms. The summed E-state index contributed by atoms with van der Waals surface area (Å²) < 4.78 is 41.0. The number of thiazole rings is 1. The van der Waals surface area contributed by atoms with Gasteiger partial charge in [0.15, 0.2) is 16.9 Å². The summed E-state index contributed by atoms with van der Waals surface area (Å²) in [4.78, 5) is 69.9. The van der Waals surface area contributed by atoms with Gasteiger partial charge in [0.1, 0.15) is 17.6 Å². The molecule has 1 saturated heterocycles. The molecule has 19 heteroatoms. The summed E-state index contributed by atoms with van der Waals surface area (Å²) in [5.41, 5.74) is -2.51. The van der Waals surface area contributed by atoms with Crippen LogP contribution >= 0.6 is 22.9 Å². The number of rotatable bonds is 10. The van der Waals surface area contributed by atoms with Crippen LogP contribution in [0.4, 0.5) is 5.13 Å². The lowest BCUT2D eigenvalue weighted by atomic mass is 9.98. The van der Waals surface area contributed by atoms with Crippen LogP contribution in [0.2, 0.25) is 0 Å². The number of carbonyl (C=O) groups excluding carboxylic acids is 5. The molecule has 1 fully saturated rings. The zero-order chi connectivity index (χ0) is 27.4. The molecule has 2 rings (SSSR count). The van der Waals surface area contributed by atoms with Crippen molar-refractivity contribution in [3.63, 3.8) is 0 Å². The Labute approximate surface area is 212 Å². The number of hydrogen-bond donors (Lipinski definition) is 3. The molecule has 1 aromatic heterocycles. The van der Waals surface area contributed by atoms with E-state index in [2.05, 4.69) is 30.2 Å². The Morgan fingerprint density at radius 3 is 2.44 bits per heavy atom. The van der Waals surface area contributed by atoms with Gasteiger partial charge in [-0.15, -0.1) is 22.9 Å². The van der Waals surface area contributed by atoms with E-state index in [4.69, 9.17) is 16.4 Å². The molecule has 3 amide bonds. The van der Waals surface area contributed by atoms with Gasteiger partial charge in [0.05, 0.1) is 14.2 Å². The number of alkyl halides is 1. The number of amides is 3. The highest BCUT2D eigenvalue weighted by molar-refractivity contribution is 7.84. The fourth-order valence-electron chi connectivity index (χ4n) is 2.66. The fraction of sp³-hybridized carbons (Fsp3) is 0.471. The summed E-state index contributed by atoms with van der Waals surface area (Å²) in [6.07, 6.45) is 0. The lowest BCUT2D eigenvalue weighted by Gasteiger charge is -2.41. The van der Waals surface area contributed by atoms with Gasteiger partial charge in [0, 0.05) is 5.38 Å². The van der Waals surface area contributed by atoms with Crippen molar-refractivity contribution in [1.29, 1.82) is 0 Å². The minimum absolute atomic E-state index is 0.00749. The first-order valence-corrected chi connectivity index (χ1v) is 12.3. The Hall–Kier alpha value is -3.35. The van der Waals surface area contributed by atoms with Crippen molar-refractivity contribution in [3.05, 3.63) is 11.1 Å². The molecule has 198 valence electrons. The van der Waals surface area contributed by atoms with Gasteiger partial charge < -0.3 is 24.9 Å². The smallest absolute Gasteiger partial charge is 0.363 e. The third kappa shape index (κ3) is 6.25. The summed E-state index contributed by atoms with van der Waals surface area (Å²) in [7, 11) is -3.16. The standard InChI is InChI=1S/C17H20ClN5O11S2/c1-17(2,15(28)33-4)34-22-9(7-6-35-16(19-7)20-8(24)5-18)12(25)21-10-11(14(27)32-3)23(13(10)26)36(29,30)31/h6,10-11H,5H2,1-4H3,(H,21,25)(H,19,20,24)(H,29,30,31). The van der Waals surface area contributed by atoms with Crippen LogP contribution in [0.5, 0.6) is 0 Å². The Morgan fingerprint density at radius 1 is 1.28 bits per heavy atom. The van der Waals surface area contributed by atoms with Crippen LogP contribution in [0.25, 0.3) is 0 Å². The molecule has 0 spiro atoms. The van der Waals surface area contributed by atoms with Gasteiger partial charge in [-0.05, 0) is 13.8 Å². The van der Waals surface area contributed by atoms with Crippen LogP contribution in [0.1, 0.15) is 19.5 Å². The molecule has 2 heterocycles. The Morgan fingerprint density at radius 2 is 1.92 bits per heavy atom. The predicted octanol–water partition coefficient (Wildman–Crippen LogP) is -1.34. The molecule has 3 N–H and O–H groups in total. The Balaban J connectivity index is 2.41. The average molecular weight is 570 g/mol. The molecule has 16 nitrogen and oxygen atoms in total. The number of anilines is 1. The summed E-state index contributed by atoms with van der Waals surface area (Å²) >= 11 is 6.30. The molecular formula is C17H20ClN5O11S2. The van der Waals surface area contributed by atoms with Crippen LogP contribution in [-0.2, 0) is 48.6 Å². The summed E-state index contributed by atoms with van der Waals surface area (Å²) in [6, 6.07) is -3.69. The SMILES string of the molecule is COC(=O)C1C(NC(=O)C(=NOC(C)(C)C(=O)OC)c2csc(NC(=O)CCl)n2)C(=O)N1S(=O)(=O)O. The summed E-state index contributed by atoms with van der Waals surface area (Å²) in [6.45, 7) is 2.55. The monoisotopic (exact) mass is 569 g/mol. The molecule has 1 aliphatic rings. The van der Waals surface area contributed by atoms with Crippen molar-refractivity contribution < 1.29 is 51.3 Å². The van der Waals surface area contributed by atoms with Crippen molar-refractivity contribution in [1.82, 2.24) is 14.6 Å². The van der Waals surface area contributed by atoms with E-state index in [1.807, 2.05) is 0 Å². The highest BCUT2D eigenvalue weighted by Gasteiger charge is 2.58. The van der Waals surface area contributed by atoms with E-state index in [1.165, 1.54) is 19.2 Å². The maximum atomic E-state index is 13.0. The normalized spacial score (nSPS) is 18.1. The van der Waals surface area contributed by atoms with Crippen molar-refractivity contribution in [3.8, 4) is 0 Å². The number of aromatic nitrogens is 1. The number of oxime groups is 1. The minimum Gasteiger partial charge on any atom is -0.467 e. The molecule has 0 aromatic carbocycles. The van der Waals surface area contributed by atoms with Gasteiger partial charge in [0.25, 0.3) is 11.8 Å². The van der Waals surface area contributed by atoms with Gasteiger partial charge in [-0.3, -0.25) is 18.9 Å². The minimum atomic E-state index is -5.15. The number of halogens is 1. The highest BCUT2D eigenvalue weighted by atomic mass is 35.5. The zero-order valence-corrected chi connectivity index (χ0v) is 21.4. The topological polar surface area (TPSA) is 220 Å². The third-order valence-corrected chi connectivity index (χ3v) is 6.31.